The Morgan fingerprint density at radius 3 is 2.38 bits per heavy atom. The van der Waals surface area contributed by atoms with Crippen LogP contribution in [-0.2, 0) is 9.59 Å². The fourth-order valence-electron chi connectivity index (χ4n) is 5.07. The molecule has 0 aromatic heterocycles. The van der Waals surface area contributed by atoms with E-state index in [1.165, 1.54) is 0 Å². The molecule has 2 aliphatic heterocycles. The molecule has 7 heteroatoms. The number of carbonyl (C=O) groups excluding carboxylic acids is 1. The molecule has 1 saturated heterocycles. The molecule has 0 unspecified atom stereocenters. The zero-order chi connectivity index (χ0) is 23.3. The van der Waals surface area contributed by atoms with E-state index in [2.05, 4.69) is 18.7 Å². The standard InChI is InChI=1S/C25H38N2O5/c1-5-7-11-26(12-8-6-2)22(28)15-27-14-19(23(25(29)30)24(27)17(3)4)18-9-10-20-21(13-18)32-16-31-20/h9-10,13,17,19,23-24H,5-8,11-12,14-16H2,1-4H3,(H,29,30)/t19-,23-,24+/m1/s1. The van der Waals surface area contributed by atoms with Crippen LogP contribution in [0, 0.1) is 11.8 Å². The molecule has 0 spiro atoms. The van der Waals surface area contributed by atoms with Gasteiger partial charge in [-0.2, -0.15) is 0 Å². The molecule has 3 rings (SSSR count). The van der Waals surface area contributed by atoms with E-state index in [1.807, 2.05) is 36.9 Å². The fraction of sp³-hybridized carbons (Fsp3) is 0.680. The van der Waals surface area contributed by atoms with E-state index >= 15 is 0 Å². The SMILES string of the molecule is CCCCN(CCCC)C(=O)CN1C[C@H](c2ccc3c(c2)OCO3)[C@@H](C(=O)O)[C@@H]1C(C)C. The summed E-state index contributed by atoms with van der Waals surface area (Å²) in [5.74, 6) is -0.0308. The van der Waals surface area contributed by atoms with Crippen LogP contribution in [0.3, 0.4) is 0 Å². The summed E-state index contributed by atoms with van der Waals surface area (Å²) in [6, 6.07) is 5.49. The highest BCUT2D eigenvalue weighted by Gasteiger charge is 2.48. The molecule has 2 aliphatic rings. The number of carboxylic acid groups (broad SMARTS) is 1. The highest BCUT2D eigenvalue weighted by Crippen LogP contribution is 2.43. The Hall–Kier alpha value is -2.28. The third-order valence-electron chi connectivity index (χ3n) is 6.70. The van der Waals surface area contributed by atoms with Crippen molar-refractivity contribution in [2.75, 3.05) is 33.0 Å². The molecule has 1 fully saturated rings. The van der Waals surface area contributed by atoms with Crippen molar-refractivity contribution in [1.29, 1.82) is 0 Å². The van der Waals surface area contributed by atoms with Gasteiger partial charge in [-0.1, -0.05) is 46.6 Å². The topological polar surface area (TPSA) is 79.3 Å². The number of hydrogen-bond donors (Lipinski definition) is 1. The predicted molar refractivity (Wildman–Crippen MR) is 123 cm³/mol. The number of hydrogen-bond acceptors (Lipinski definition) is 5. The van der Waals surface area contributed by atoms with Gasteiger partial charge in [-0.3, -0.25) is 14.5 Å². The van der Waals surface area contributed by atoms with E-state index in [1.54, 1.807) is 0 Å². The van der Waals surface area contributed by atoms with E-state index in [0.29, 0.717) is 18.0 Å². The van der Waals surface area contributed by atoms with E-state index in [-0.39, 0.29) is 37.1 Å². The Kier molecular flexibility index (Phi) is 8.40. The van der Waals surface area contributed by atoms with Gasteiger partial charge in [0.25, 0.3) is 0 Å². The summed E-state index contributed by atoms with van der Waals surface area (Å²) in [4.78, 5) is 29.7. The number of carboxylic acids is 1. The van der Waals surface area contributed by atoms with Crippen LogP contribution in [0.1, 0.15) is 64.9 Å². The molecule has 3 atom stereocenters. The first-order valence-corrected chi connectivity index (χ1v) is 12.0. The maximum absolute atomic E-state index is 13.3. The smallest absolute Gasteiger partial charge is 0.308 e. The van der Waals surface area contributed by atoms with Gasteiger partial charge in [0, 0.05) is 31.6 Å². The monoisotopic (exact) mass is 446 g/mol. The number of unbranched alkanes of at least 4 members (excludes halogenated alkanes) is 2. The van der Waals surface area contributed by atoms with E-state index in [4.69, 9.17) is 9.47 Å². The van der Waals surface area contributed by atoms with Gasteiger partial charge < -0.3 is 19.5 Å². The van der Waals surface area contributed by atoms with Crippen molar-refractivity contribution in [2.24, 2.45) is 11.8 Å². The summed E-state index contributed by atoms with van der Waals surface area (Å²) >= 11 is 0. The molecule has 0 radical (unpaired) electrons. The maximum Gasteiger partial charge on any atom is 0.308 e. The number of benzene rings is 1. The van der Waals surface area contributed by atoms with Crippen LogP contribution in [0.5, 0.6) is 11.5 Å². The third-order valence-corrected chi connectivity index (χ3v) is 6.70. The molecular formula is C25H38N2O5. The minimum absolute atomic E-state index is 0.105. The van der Waals surface area contributed by atoms with Gasteiger partial charge in [0.2, 0.25) is 12.7 Å². The summed E-state index contributed by atoms with van der Waals surface area (Å²) in [6.07, 6.45) is 4.06. The normalized spacial score (nSPS) is 22.5. The number of fused-ring (bicyclic) bond motifs is 1. The lowest BCUT2D eigenvalue weighted by Gasteiger charge is -2.32. The summed E-state index contributed by atoms with van der Waals surface area (Å²) in [5.41, 5.74) is 0.927. The molecule has 1 aromatic rings. The lowest BCUT2D eigenvalue weighted by molar-refractivity contribution is -0.144. The third kappa shape index (κ3) is 5.37. The van der Waals surface area contributed by atoms with Gasteiger partial charge in [0.05, 0.1) is 12.5 Å². The van der Waals surface area contributed by atoms with Gasteiger partial charge in [-0.25, -0.2) is 0 Å². The van der Waals surface area contributed by atoms with Crippen molar-refractivity contribution in [1.82, 2.24) is 9.80 Å². The number of ether oxygens (including phenoxy) is 2. The van der Waals surface area contributed by atoms with Gasteiger partial charge >= 0.3 is 5.97 Å². The second-order valence-electron chi connectivity index (χ2n) is 9.34. The minimum atomic E-state index is -0.810. The zero-order valence-electron chi connectivity index (χ0n) is 19.9. The minimum Gasteiger partial charge on any atom is -0.481 e. The molecule has 0 bridgehead atoms. The van der Waals surface area contributed by atoms with E-state index in [0.717, 1.165) is 44.3 Å². The molecule has 1 amide bonds. The summed E-state index contributed by atoms with van der Waals surface area (Å²) < 4.78 is 10.9. The molecule has 32 heavy (non-hydrogen) atoms. The molecular weight excluding hydrogens is 408 g/mol. The summed E-state index contributed by atoms with van der Waals surface area (Å²) in [5, 5.41) is 10.2. The highest BCUT2D eigenvalue weighted by atomic mass is 16.7. The van der Waals surface area contributed by atoms with Crippen LogP contribution in [0.2, 0.25) is 0 Å². The van der Waals surface area contributed by atoms with Crippen molar-refractivity contribution in [2.45, 2.75) is 65.3 Å². The molecule has 1 N–H and O–H groups in total. The van der Waals surface area contributed by atoms with Crippen molar-refractivity contribution >= 4 is 11.9 Å². The maximum atomic E-state index is 13.3. The first kappa shape index (κ1) is 24.4. The van der Waals surface area contributed by atoms with Crippen LogP contribution in [-0.4, -0.2) is 65.8 Å². The number of carbonyl (C=O) groups is 2. The number of aliphatic carboxylic acids is 1. The summed E-state index contributed by atoms with van der Waals surface area (Å²) in [7, 11) is 0. The van der Waals surface area contributed by atoms with Crippen LogP contribution in [0.4, 0.5) is 0 Å². The summed E-state index contributed by atoms with van der Waals surface area (Å²) in [6.45, 7) is 10.9. The van der Waals surface area contributed by atoms with Gasteiger partial charge in [0.1, 0.15) is 0 Å². The largest absolute Gasteiger partial charge is 0.481 e. The average molecular weight is 447 g/mol. The van der Waals surface area contributed by atoms with Crippen molar-refractivity contribution in [3.63, 3.8) is 0 Å². The number of amides is 1. The average Bonchev–Trinajstić information content (AvgIpc) is 3.37. The molecule has 1 aromatic carbocycles. The number of nitrogens with zero attached hydrogens (tertiary/aromatic N) is 2. The van der Waals surface area contributed by atoms with Gasteiger partial charge in [0.15, 0.2) is 11.5 Å². The Labute approximate surface area is 191 Å². The second kappa shape index (κ2) is 11.0. The Morgan fingerprint density at radius 2 is 1.78 bits per heavy atom. The van der Waals surface area contributed by atoms with Gasteiger partial charge in [-0.05, 0) is 36.5 Å². The van der Waals surface area contributed by atoms with Crippen LogP contribution in [0.15, 0.2) is 18.2 Å². The predicted octanol–water partition coefficient (Wildman–Crippen LogP) is 3.97. The Morgan fingerprint density at radius 1 is 1.12 bits per heavy atom. The van der Waals surface area contributed by atoms with Crippen LogP contribution < -0.4 is 9.47 Å². The zero-order valence-corrected chi connectivity index (χ0v) is 19.9. The first-order chi connectivity index (χ1) is 15.4. The highest BCUT2D eigenvalue weighted by molar-refractivity contribution is 5.79. The quantitative estimate of drug-likeness (QED) is 0.554. The molecule has 2 heterocycles. The molecule has 0 aliphatic carbocycles. The second-order valence-corrected chi connectivity index (χ2v) is 9.34. The molecule has 178 valence electrons. The van der Waals surface area contributed by atoms with E-state index in [9.17, 15) is 14.7 Å². The van der Waals surface area contributed by atoms with E-state index < -0.39 is 11.9 Å². The Bertz CT molecular complexity index is 789. The lowest BCUT2D eigenvalue weighted by Crippen LogP contribution is -2.46. The fourth-order valence-corrected chi connectivity index (χ4v) is 5.07. The van der Waals surface area contributed by atoms with Gasteiger partial charge in [-0.15, -0.1) is 0 Å². The Balaban J connectivity index is 1.83. The van der Waals surface area contributed by atoms with Crippen molar-refractivity contribution < 1.29 is 24.2 Å². The van der Waals surface area contributed by atoms with Crippen LogP contribution >= 0.6 is 0 Å². The number of rotatable bonds is 11. The number of likely N-dealkylation sites (tertiary alicyclic amines) is 1. The van der Waals surface area contributed by atoms with Crippen molar-refractivity contribution in [3.05, 3.63) is 23.8 Å². The van der Waals surface area contributed by atoms with Crippen LogP contribution in [0.25, 0.3) is 0 Å². The molecule has 0 saturated carbocycles. The first-order valence-electron chi connectivity index (χ1n) is 12.0. The molecule has 7 nitrogen and oxygen atoms in total. The lowest BCUT2D eigenvalue weighted by atomic mass is 9.81. The van der Waals surface area contributed by atoms with Crippen molar-refractivity contribution in [3.8, 4) is 11.5 Å².